The number of rotatable bonds is 8. The van der Waals surface area contributed by atoms with Crippen LogP contribution in [0, 0.1) is 0 Å². The molecule has 3 rings (SSSR count). The van der Waals surface area contributed by atoms with Gasteiger partial charge in [-0.25, -0.2) is 4.68 Å². The van der Waals surface area contributed by atoms with E-state index in [0.717, 1.165) is 24.3 Å². The molecule has 134 valence electrons. The Bertz CT molecular complexity index is 648. The van der Waals surface area contributed by atoms with Crippen LogP contribution >= 0.6 is 0 Å². The van der Waals surface area contributed by atoms with Crippen molar-refractivity contribution in [2.45, 2.75) is 51.0 Å². The average molecular weight is 341 g/mol. The summed E-state index contributed by atoms with van der Waals surface area (Å²) in [6.45, 7) is 1.40. The van der Waals surface area contributed by atoms with Crippen LogP contribution in [-0.2, 0) is 16.0 Å². The quantitative estimate of drug-likeness (QED) is 0.750. The van der Waals surface area contributed by atoms with Gasteiger partial charge in [0.05, 0.1) is 24.4 Å². The molecular weight excluding hydrogens is 314 g/mol. The Hall–Kier alpha value is -2.14. The van der Waals surface area contributed by atoms with Gasteiger partial charge in [-0.3, -0.25) is 4.79 Å². The van der Waals surface area contributed by atoms with Crippen molar-refractivity contribution in [2.75, 3.05) is 13.2 Å². The van der Waals surface area contributed by atoms with Gasteiger partial charge < -0.3 is 10.1 Å². The van der Waals surface area contributed by atoms with Crippen molar-refractivity contribution in [2.24, 2.45) is 0 Å². The lowest BCUT2D eigenvalue weighted by Gasteiger charge is -2.21. The SMILES string of the molecule is O=C(Cc1cnn(-c2ccccc2)c1)NCCCOC1CCCCC1. The molecule has 1 N–H and O–H groups in total. The smallest absolute Gasteiger partial charge is 0.224 e. The van der Waals surface area contributed by atoms with Crippen molar-refractivity contribution in [3.63, 3.8) is 0 Å². The Morgan fingerprint density at radius 3 is 2.80 bits per heavy atom. The van der Waals surface area contributed by atoms with E-state index in [9.17, 15) is 4.79 Å². The fourth-order valence-electron chi connectivity index (χ4n) is 3.20. The standard InChI is InChI=1S/C20H27N3O2/c24-20(21-12-7-13-25-19-10-5-2-6-11-19)14-17-15-22-23(16-17)18-8-3-1-4-9-18/h1,3-4,8-9,15-16,19H,2,5-7,10-14H2,(H,21,24). The van der Waals surface area contributed by atoms with Crippen LogP contribution in [-0.4, -0.2) is 34.9 Å². The van der Waals surface area contributed by atoms with Gasteiger partial charge in [-0.2, -0.15) is 5.10 Å². The Balaban J connectivity index is 1.33. The molecule has 1 aromatic carbocycles. The summed E-state index contributed by atoms with van der Waals surface area (Å²) >= 11 is 0. The minimum Gasteiger partial charge on any atom is -0.378 e. The van der Waals surface area contributed by atoms with Crippen LogP contribution in [0.5, 0.6) is 0 Å². The highest BCUT2D eigenvalue weighted by Gasteiger charge is 2.13. The first-order valence-corrected chi connectivity index (χ1v) is 9.28. The maximum absolute atomic E-state index is 12.0. The molecule has 0 spiro atoms. The first-order chi connectivity index (χ1) is 12.3. The Morgan fingerprint density at radius 1 is 1.20 bits per heavy atom. The highest BCUT2D eigenvalue weighted by molar-refractivity contribution is 5.78. The lowest BCUT2D eigenvalue weighted by molar-refractivity contribution is -0.120. The summed E-state index contributed by atoms with van der Waals surface area (Å²) in [7, 11) is 0. The van der Waals surface area contributed by atoms with Crippen LogP contribution in [0.15, 0.2) is 42.7 Å². The zero-order valence-electron chi connectivity index (χ0n) is 14.7. The van der Waals surface area contributed by atoms with Crippen LogP contribution in [0.4, 0.5) is 0 Å². The molecule has 0 radical (unpaired) electrons. The first kappa shape index (κ1) is 17.7. The van der Waals surface area contributed by atoms with E-state index >= 15 is 0 Å². The van der Waals surface area contributed by atoms with E-state index in [0.29, 0.717) is 19.1 Å². The van der Waals surface area contributed by atoms with Gasteiger partial charge in [0.15, 0.2) is 0 Å². The Morgan fingerprint density at radius 2 is 2.00 bits per heavy atom. The molecule has 1 saturated carbocycles. The fraction of sp³-hybridized carbons (Fsp3) is 0.500. The van der Waals surface area contributed by atoms with E-state index in [4.69, 9.17) is 4.74 Å². The minimum absolute atomic E-state index is 0.0327. The van der Waals surface area contributed by atoms with Crippen molar-refractivity contribution in [3.8, 4) is 5.69 Å². The minimum atomic E-state index is 0.0327. The van der Waals surface area contributed by atoms with Crippen LogP contribution in [0.1, 0.15) is 44.1 Å². The summed E-state index contributed by atoms with van der Waals surface area (Å²) in [5, 5.41) is 7.28. The summed E-state index contributed by atoms with van der Waals surface area (Å²) in [5.41, 5.74) is 1.91. The molecule has 1 amide bonds. The number of carbonyl (C=O) groups is 1. The fourth-order valence-corrected chi connectivity index (χ4v) is 3.20. The number of benzene rings is 1. The molecule has 0 saturated heterocycles. The number of ether oxygens (including phenoxy) is 1. The molecule has 0 aliphatic heterocycles. The summed E-state index contributed by atoms with van der Waals surface area (Å²) in [6, 6.07) is 9.89. The van der Waals surface area contributed by atoms with Gasteiger partial charge in [0, 0.05) is 19.3 Å². The van der Waals surface area contributed by atoms with Gasteiger partial charge in [0.25, 0.3) is 0 Å². The highest BCUT2D eigenvalue weighted by atomic mass is 16.5. The molecule has 5 heteroatoms. The monoisotopic (exact) mass is 341 g/mol. The average Bonchev–Trinajstić information content (AvgIpc) is 3.11. The normalized spacial score (nSPS) is 15.2. The molecule has 1 aliphatic carbocycles. The van der Waals surface area contributed by atoms with Gasteiger partial charge in [-0.15, -0.1) is 0 Å². The van der Waals surface area contributed by atoms with E-state index in [1.54, 1.807) is 10.9 Å². The van der Waals surface area contributed by atoms with Crippen molar-refractivity contribution < 1.29 is 9.53 Å². The van der Waals surface area contributed by atoms with Crippen molar-refractivity contribution in [1.82, 2.24) is 15.1 Å². The number of hydrogen-bond donors (Lipinski definition) is 1. The first-order valence-electron chi connectivity index (χ1n) is 9.28. The number of nitrogens with zero attached hydrogens (tertiary/aromatic N) is 2. The molecule has 25 heavy (non-hydrogen) atoms. The van der Waals surface area contributed by atoms with E-state index in [-0.39, 0.29) is 5.91 Å². The number of aromatic nitrogens is 2. The van der Waals surface area contributed by atoms with Crippen molar-refractivity contribution in [3.05, 3.63) is 48.3 Å². The number of hydrogen-bond acceptors (Lipinski definition) is 3. The number of amides is 1. The number of para-hydroxylation sites is 1. The Labute approximate surface area is 149 Å². The van der Waals surface area contributed by atoms with Crippen molar-refractivity contribution >= 4 is 5.91 Å². The lowest BCUT2D eigenvalue weighted by atomic mass is 9.98. The van der Waals surface area contributed by atoms with Gasteiger partial charge in [-0.1, -0.05) is 37.5 Å². The van der Waals surface area contributed by atoms with E-state index in [2.05, 4.69) is 10.4 Å². The lowest BCUT2D eigenvalue weighted by Crippen LogP contribution is -2.27. The van der Waals surface area contributed by atoms with Gasteiger partial charge >= 0.3 is 0 Å². The predicted molar refractivity (Wildman–Crippen MR) is 97.7 cm³/mol. The molecule has 1 heterocycles. The molecule has 2 aromatic rings. The maximum Gasteiger partial charge on any atom is 0.224 e. The molecule has 0 bridgehead atoms. The zero-order chi connectivity index (χ0) is 17.3. The molecule has 1 fully saturated rings. The second-order valence-corrected chi connectivity index (χ2v) is 6.64. The molecule has 1 aliphatic rings. The second kappa shape index (κ2) is 9.37. The molecule has 0 atom stereocenters. The summed E-state index contributed by atoms with van der Waals surface area (Å²) in [4.78, 5) is 12.0. The third-order valence-corrected chi connectivity index (χ3v) is 4.57. The predicted octanol–water partition coefficient (Wildman–Crippen LogP) is 3.27. The highest BCUT2D eigenvalue weighted by Crippen LogP contribution is 2.20. The summed E-state index contributed by atoms with van der Waals surface area (Å²) in [5.74, 6) is 0.0327. The third kappa shape index (κ3) is 5.71. The van der Waals surface area contributed by atoms with Crippen LogP contribution in [0.3, 0.4) is 0 Å². The van der Waals surface area contributed by atoms with Crippen LogP contribution in [0.25, 0.3) is 5.69 Å². The zero-order valence-corrected chi connectivity index (χ0v) is 14.7. The van der Waals surface area contributed by atoms with Crippen LogP contribution < -0.4 is 5.32 Å². The maximum atomic E-state index is 12.0. The van der Waals surface area contributed by atoms with Gasteiger partial charge in [0.1, 0.15) is 0 Å². The molecule has 0 unspecified atom stereocenters. The van der Waals surface area contributed by atoms with E-state index in [1.165, 1.54) is 32.1 Å². The molecule has 1 aromatic heterocycles. The number of nitrogens with one attached hydrogen (secondary N) is 1. The van der Waals surface area contributed by atoms with Crippen molar-refractivity contribution in [1.29, 1.82) is 0 Å². The number of carbonyl (C=O) groups excluding carboxylic acids is 1. The van der Waals surface area contributed by atoms with E-state index in [1.807, 2.05) is 36.5 Å². The van der Waals surface area contributed by atoms with E-state index < -0.39 is 0 Å². The largest absolute Gasteiger partial charge is 0.378 e. The summed E-state index contributed by atoms with van der Waals surface area (Å²) < 4.78 is 7.66. The topological polar surface area (TPSA) is 56.2 Å². The molecular formula is C20H27N3O2. The van der Waals surface area contributed by atoms with Crippen LogP contribution in [0.2, 0.25) is 0 Å². The Kier molecular flexibility index (Phi) is 6.63. The van der Waals surface area contributed by atoms with Gasteiger partial charge in [-0.05, 0) is 37.0 Å². The molecule has 5 nitrogen and oxygen atoms in total. The summed E-state index contributed by atoms with van der Waals surface area (Å²) in [6.07, 6.45) is 11.6. The second-order valence-electron chi connectivity index (χ2n) is 6.64. The third-order valence-electron chi connectivity index (χ3n) is 4.57. The van der Waals surface area contributed by atoms with Gasteiger partial charge in [0.2, 0.25) is 5.91 Å².